The molecule has 2 aromatic carbocycles. The highest BCUT2D eigenvalue weighted by molar-refractivity contribution is 5.92. The molecule has 0 bridgehead atoms. The first kappa shape index (κ1) is 18.1. The lowest BCUT2D eigenvalue weighted by Gasteiger charge is -2.25. The van der Waals surface area contributed by atoms with Crippen LogP contribution in [0.25, 0.3) is 6.08 Å². The van der Waals surface area contributed by atoms with Crippen LogP contribution >= 0.6 is 0 Å². The van der Waals surface area contributed by atoms with E-state index in [0.29, 0.717) is 0 Å². The molecule has 0 aliphatic carbocycles. The van der Waals surface area contributed by atoms with Crippen LogP contribution in [0, 0.1) is 0 Å². The molecule has 1 aliphatic rings. The van der Waals surface area contributed by atoms with Crippen LogP contribution in [-0.2, 0) is 4.79 Å². The van der Waals surface area contributed by atoms with E-state index in [9.17, 15) is 4.79 Å². The fourth-order valence-electron chi connectivity index (χ4n) is 3.40. The van der Waals surface area contributed by atoms with Crippen molar-refractivity contribution in [2.75, 3.05) is 32.6 Å². The quantitative estimate of drug-likeness (QED) is 0.760. The van der Waals surface area contributed by atoms with Crippen LogP contribution in [0.4, 0.5) is 5.69 Å². The number of rotatable bonds is 5. The van der Waals surface area contributed by atoms with Crippen LogP contribution in [0.1, 0.15) is 30.0 Å². The Bertz CT molecular complexity index is 798. The summed E-state index contributed by atoms with van der Waals surface area (Å²) in [5.74, 6) is 0.852. The number of carbonyl (C=O) groups is 1. The van der Waals surface area contributed by atoms with Gasteiger partial charge in [-0.3, -0.25) is 4.79 Å². The third-order valence-electron chi connectivity index (χ3n) is 4.82. The van der Waals surface area contributed by atoms with E-state index in [0.717, 1.165) is 36.4 Å². The number of hydrogen-bond acceptors (Lipinski definition) is 3. The van der Waals surface area contributed by atoms with E-state index in [1.807, 2.05) is 49.3 Å². The second kappa shape index (κ2) is 8.09. The number of anilines is 1. The van der Waals surface area contributed by atoms with Crippen LogP contribution in [0.5, 0.6) is 5.75 Å². The fourth-order valence-corrected chi connectivity index (χ4v) is 3.40. The largest absolute Gasteiger partial charge is 0.497 e. The molecule has 1 unspecified atom stereocenters. The first-order valence-electron chi connectivity index (χ1n) is 8.98. The van der Waals surface area contributed by atoms with E-state index in [2.05, 4.69) is 29.2 Å². The van der Waals surface area contributed by atoms with Crippen molar-refractivity contribution in [1.29, 1.82) is 0 Å². The molecule has 1 aliphatic heterocycles. The Kier molecular flexibility index (Phi) is 5.61. The first-order valence-corrected chi connectivity index (χ1v) is 8.98. The van der Waals surface area contributed by atoms with Crippen LogP contribution in [0.2, 0.25) is 0 Å². The zero-order valence-corrected chi connectivity index (χ0v) is 15.7. The number of likely N-dealkylation sites (tertiary alicyclic amines) is 1. The zero-order valence-electron chi connectivity index (χ0n) is 15.7. The summed E-state index contributed by atoms with van der Waals surface area (Å²) < 4.78 is 5.23. The lowest BCUT2D eigenvalue weighted by atomic mass is 10.0. The summed E-state index contributed by atoms with van der Waals surface area (Å²) in [5.41, 5.74) is 3.33. The number of methoxy groups -OCH3 is 1. The molecule has 136 valence electrons. The van der Waals surface area contributed by atoms with Crippen LogP contribution < -0.4 is 9.64 Å². The van der Waals surface area contributed by atoms with E-state index in [-0.39, 0.29) is 11.9 Å². The Balaban J connectivity index is 1.76. The predicted molar refractivity (Wildman–Crippen MR) is 106 cm³/mol. The summed E-state index contributed by atoms with van der Waals surface area (Å²) >= 11 is 0. The number of ether oxygens (including phenoxy) is 1. The molecule has 1 saturated heterocycles. The van der Waals surface area contributed by atoms with Gasteiger partial charge in [-0.05, 0) is 54.3 Å². The highest BCUT2D eigenvalue weighted by Crippen LogP contribution is 2.33. The normalized spacial score (nSPS) is 16.9. The molecular weight excluding hydrogens is 324 g/mol. The van der Waals surface area contributed by atoms with Gasteiger partial charge in [0.15, 0.2) is 0 Å². The molecule has 0 saturated carbocycles. The van der Waals surface area contributed by atoms with Gasteiger partial charge in [-0.1, -0.05) is 24.3 Å². The van der Waals surface area contributed by atoms with E-state index < -0.39 is 0 Å². The Morgan fingerprint density at radius 1 is 1.19 bits per heavy atom. The van der Waals surface area contributed by atoms with Gasteiger partial charge < -0.3 is 14.5 Å². The molecule has 0 spiro atoms. The van der Waals surface area contributed by atoms with Gasteiger partial charge in [0.1, 0.15) is 5.75 Å². The van der Waals surface area contributed by atoms with Gasteiger partial charge in [0.2, 0.25) is 5.91 Å². The third-order valence-corrected chi connectivity index (χ3v) is 4.82. The van der Waals surface area contributed by atoms with Crippen molar-refractivity contribution in [2.45, 2.75) is 18.9 Å². The van der Waals surface area contributed by atoms with Crippen LogP contribution in [0.15, 0.2) is 54.6 Å². The molecule has 2 aromatic rings. The van der Waals surface area contributed by atoms with Gasteiger partial charge in [-0.2, -0.15) is 0 Å². The molecule has 1 amide bonds. The van der Waals surface area contributed by atoms with Gasteiger partial charge >= 0.3 is 0 Å². The second-order valence-electron chi connectivity index (χ2n) is 6.79. The van der Waals surface area contributed by atoms with Crippen LogP contribution in [0.3, 0.4) is 0 Å². The van der Waals surface area contributed by atoms with Crippen molar-refractivity contribution < 1.29 is 9.53 Å². The summed E-state index contributed by atoms with van der Waals surface area (Å²) in [5, 5.41) is 0. The molecule has 0 radical (unpaired) electrons. The molecular formula is C22H26N2O2. The molecule has 1 atom stereocenters. The molecule has 26 heavy (non-hydrogen) atoms. The van der Waals surface area contributed by atoms with Gasteiger partial charge in [-0.15, -0.1) is 0 Å². The maximum atomic E-state index is 12.8. The summed E-state index contributed by atoms with van der Waals surface area (Å²) in [6.07, 6.45) is 5.57. The molecule has 3 rings (SSSR count). The molecule has 1 fully saturated rings. The molecule has 4 heteroatoms. The van der Waals surface area contributed by atoms with Crippen molar-refractivity contribution in [3.63, 3.8) is 0 Å². The minimum atomic E-state index is 0.0607. The molecule has 0 aromatic heterocycles. The van der Waals surface area contributed by atoms with Crippen molar-refractivity contribution in [2.24, 2.45) is 0 Å². The highest BCUT2D eigenvalue weighted by atomic mass is 16.5. The Hall–Kier alpha value is -2.75. The number of hydrogen-bond donors (Lipinski definition) is 0. The van der Waals surface area contributed by atoms with Gasteiger partial charge in [0.05, 0.1) is 13.2 Å². The summed E-state index contributed by atoms with van der Waals surface area (Å²) in [6.45, 7) is 0.804. The van der Waals surface area contributed by atoms with Gasteiger partial charge in [0.25, 0.3) is 0 Å². The van der Waals surface area contributed by atoms with E-state index in [4.69, 9.17) is 4.74 Å². The minimum Gasteiger partial charge on any atom is -0.497 e. The van der Waals surface area contributed by atoms with Crippen molar-refractivity contribution in [3.8, 4) is 5.75 Å². The summed E-state index contributed by atoms with van der Waals surface area (Å²) in [7, 11) is 5.71. The highest BCUT2D eigenvalue weighted by Gasteiger charge is 2.28. The third kappa shape index (κ3) is 4.07. The summed E-state index contributed by atoms with van der Waals surface area (Å²) in [4.78, 5) is 16.8. The Morgan fingerprint density at radius 3 is 2.77 bits per heavy atom. The Morgan fingerprint density at radius 2 is 2.00 bits per heavy atom. The summed E-state index contributed by atoms with van der Waals surface area (Å²) in [6, 6.07) is 16.3. The van der Waals surface area contributed by atoms with Crippen molar-refractivity contribution in [1.82, 2.24) is 4.90 Å². The number of amides is 1. The van der Waals surface area contributed by atoms with Gasteiger partial charge in [-0.25, -0.2) is 0 Å². The van der Waals surface area contributed by atoms with Crippen LogP contribution in [-0.4, -0.2) is 38.6 Å². The van der Waals surface area contributed by atoms with E-state index >= 15 is 0 Å². The molecule has 4 nitrogen and oxygen atoms in total. The van der Waals surface area contributed by atoms with Gasteiger partial charge in [0, 0.05) is 32.4 Å². The number of nitrogens with zero attached hydrogens (tertiary/aromatic N) is 2. The lowest BCUT2D eigenvalue weighted by molar-refractivity contribution is -0.126. The van der Waals surface area contributed by atoms with Crippen molar-refractivity contribution >= 4 is 17.7 Å². The van der Waals surface area contributed by atoms with E-state index in [1.54, 1.807) is 13.2 Å². The Labute approximate surface area is 155 Å². The predicted octanol–water partition coefficient (Wildman–Crippen LogP) is 4.14. The second-order valence-corrected chi connectivity index (χ2v) is 6.79. The fraction of sp³-hybridized carbons (Fsp3) is 0.318. The smallest absolute Gasteiger partial charge is 0.247 e. The molecule has 0 N–H and O–H groups in total. The maximum absolute atomic E-state index is 12.8. The number of carbonyl (C=O) groups excluding carboxylic acids is 1. The standard InChI is InChI=1S/C22H26N2O2/c1-23(2)19-9-5-8-18(16-19)21-11-6-14-24(21)22(25)13-12-17-7-4-10-20(15-17)26-3/h4-5,7-10,12-13,15-16,21H,6,11,14H2,1-3H3/b13-12+. The lowest BCUT2D eigenvalue weighted by Crippen LogP contribution is -2.29. The zero-order chi connectivity index (χ0) is 18.5. The minimum absolute atomic E-state index is 0.0607. The monoisotopic (exact) mass is 350 g/mol. The van der Waals surface area contributed by atoms with E-state index in [1.165, 1.54) is 5.56 Å². The maximum Gasteiger partial charge on any atom is 0.247 e. The molecule has 1 heterocycles. The average molecular weight is 350 g/mol. The number of benzene rings is 2. The SMILES string of the molecule is COc1cccc(/C=C/C(=O)N2CCCC2c2cccc(N(C)C)c2)c1. The first-order chi connectivity index (χ1) is 12.6. The average Bonchev–Trinajstić information content (AvgIpc) is 3.16. The topological polar surface area (TPSA) is 32.8 Å². The van der Waals surface area contributed by atoms with Crippen molar-refractivity contribution in [3.05, 3.63) is 65.7 Å².